The number of nitrogens with one attached hydrogen (secondary N) is 1. The van der Waals surface area contributed by atoms with Crippen molar-refractivity contribution in [1.82, 2.24) is 5.32 Å². The monoisotopic (exact) mass is 421 g/mol. The molecule has 3 nitrogen and oxygen atoms in total. The van der Waals surface area contributed by atoms with E-state index in [9.17, 15) is 0 Å². The molecule has 0 aliphatic heterocycles. The van der Waals surface area contributed by atoms with Crippen LogP contribution >= 0.6 is 9.24 Å². The molecule has 2 unspecified atom stereocenters. The second-order valence-corrected chi connectivity index (χ2v) is 7.71. The van der Waals surface area contributed by atoms with Crippen LogP contribution in [-0.2, 0) is 5.54 Å². The van der Waals surface area contributed by atoms with Gasteiger partial charge in [0, 0.05) is 0 Å². The van der Waals surface area contributed by atoms with Gasteiger partial charge in [0.25, 0.3) is 0 Å². The lowest BCUT2D eigenvalue weighted by Crippen LogP contribution is -2.23. The van der Waals surface area contributed by atoms with Gasteiger partial charge in [0.15, 0.2) is 0 Å². The fraction of sp³-hybridized carbons (Fsp3) is 0.269. The molecular weight excluding hydrogens is 385 g/mol. The van der Waals surface area contributed by atoms with Crippen molar-refractivity contribution in [2.45, 2.75) is 25.8 Å². The Morgan fingerprint density at radius 1 is 0.933 bits per heavy atom. The zero-order valence-electron chi connectivity index (χ0n) is 18.5. The molecule has 3 aromatic rings. The second kappa shape index (κ2) is 14.6. The van der Waals surface area contributed by atoms with Crippen molar-refractivity contribution in [3.8, 4) is 11.1 Å². The predicted molar refractivity (Wildman–Crippen MR) is 138 cm³/mol. The molecule has 0 saturated heterocycles. The summed E-state index contributed by atoms with van der Waals surface area (Å²) in [5.74, 6) is 0. The molecular formula is C26H36N3P. The molecule has 2 atom stereocenters. The maximum Gasteiger partial charge on any atom is 0.0833 e. The molecule has 30 heavy (non-hydrogen) atoms. The number of benzene rings is 3. The quantitative estimate of drug-likeness (QED) is 0.433. The first kappa shape index (κ1) is 25.7. The Balaban J connectivity index is 0.000000370. The highest BCUT2D eigenvalue weighted by molar-refractivity contribution is 7.27. The molecule has 0 aromatic heterocycles. The van der Waals surface area contributed by atoms with Crippen molar-refractivity contribution in [2.24, 2.45) is 10.7 Å². The molecule has 4 heteroatoms. The van der Waals surface area contributed by atoms with Crippen molar-refractivity contribution < 1.29 is 0 Å². The van der Waals surface area contributed by atoms with Crippen molar-refractivity contribution in [2.75, 3.05) is 20.1 Å². The van der Waals surface area contributed by atoms with Gasteiger partial charge in [-0.3, -0.25) is 4.99 Å². The molecule has 0 aliphatic carbocycles. The zero-order chi connectivity index (χ0) is 22.2. The number of hydrogen-bond donors (Lipinski definition) is 2. The summed E-state index contributed by atoms with van der Waals surface area (Å²) in [4.78, 5) is 4.30. The van der Waals surface area contributed by atoms with E-state index in [1.807, 2.05) is 43.4 Å². The van der Waals surface area contributed by atoms with Crippen LogP contribution in [0.5, 0.6) is 0 Å². The third-order valence-corrected chi connectivity index (χ3v) is 5.06. The Morgan fingerprint density at radius 3 is 1.87 bits per heavy atom. The van der Waals surface area contributed by atoms with Crippen molar-refractivity contribution in [1.29, 1.82) is 0 Å². The summed E-state index contributed by atoms with van der Waals surface area (Å²) < 4.78 is 0. The van der Waals surface area contributed by atoms with E-state index in [0.717, 1.165) is 18.5 Å². The van der Waals surface area contributed by atoms with E-state index >= 15 is 0 Å². The van der Waals surface area contributed by atoms with Crippen LogP contribution in [0.15, 0.2) is 89.9 Å². The number of aliphatic imine (C=N–C) groups is 1. The van der Waals surface area contributed by atoms with Crippen LogP contribution in [0.4, 0.5) is 0 Å². The van der Waals surface area contributed by atoms with E-state index in [0.29, 0.717) is 6.54 Å². The fourth-order valence-electron chi connectivity index (χ4n) is 2.73. The van der Waals surface area contributed by atoms with Crippen LogP contribution in [-0.4, -0.2) is 26.9 Å². The molecule has 0 spiro atoms. The van der Waals surface area contributed by atoms with E-state index in [4.69, 9.17) is 5.73 Å². The molecule has 3 aromatic carbocycles. The van der Waals surface area contributed by atoms with E-state index in [2.05, 4.69) is 88.6 Å². The third-order valence-electron chi connectivity index (χ3n) is 4.70. The van der Waals surface area contributed by atoms with Gasteiger partial charge in [-0.15, -0.1) is 9.24 Å². The third kappa shape index (κ3) is 9.00. The minimum Gasteiger partial charge on any atom is -0.330 e. The number of hydrogen-bond acceptors (Lipinski definition) is 3. The Kier molecular flexibility index (Phi) is 12.5. The highest BCUT2D eigenvalue weighted by atomic mass is 31.0. The van der Waals surface area contributed by atoms with Crippen LogP contribution < -0.4 is 16.4 Å². The van der Waals surface area contributed by atoms with Gasteiger partial charge in [0.2, 0.25) is 0 Å². The highest BCUT2D eigenvalue weighted by Gasteiger charge is 2.23. The van der Waals surface area contributed by atoms with Gasteiger partial charge < -0.3 is 11.1 Å². The van der Waals surface area contributed by atoms with Gasteiger partial charge >= 0.3 is 0 Å². The van der Waals surface area contributed by atoms with Gasteiger partial charge in [-0.2, -0.15) is 0 Å². The van der Waals surface area contributed by atoms with E-state index in [1.165, 1.54) is 16.4 Å². The van der Waals surface area contributed by atoms with Crippen LogP contribution in [0.2, 0.25) is 0 Å². The van der Waals surface area contributed by atoms with Crippen LogP contribution in [0.1, 0.15) is 25.8 Å². The summed E-state index contributed by atoms with van der Waals surface area (Å²) in [5.41, 5.74) is 8.95. The van der Waals surface area contributed by atoms with Gasteiger partial charge in [-0.1, -0.05) is 79.7 Å². The van der Waals surface area contributed by atoms with E-state index in [-0.39, 0.29) is 5.54 Å². The number of rotatable bonds is 6. The maximum absolute atomic E-state index is 5.71. The molecule has 0 radical (unpaired) electrons. The van der Waals surface area contributed by atoms with Crippen LogP contribution in [0.3, 0.4) is 0 Å². The Bertz CT molecular complexity index is 823. The standard InChI is InChI=1S/C17H21N2P.C6H6.C3H9N/c1-17(19-2,9-10-18)15-7-3-5-13(11-15)14-6-4-8-16(20)12-14;1-2-4-6-5-3-1;1-3-4-2/h3-8,11-12H,2,9-10,18,20H2,1H3;1-6H;4H,3H2,1-2H3. The SMILES string of the molecule is C=NC(C)(CCN)c1cccc(-c2cccc(P)c2)c1.CCNC.c1ccccc1. The summed E-state index contributed by atoms with van der Waals surface area (Å²) in [5, 5.41) is 4.11. The lowest BCUT2D eigenvalue weighted by Gasteiger charge is -2.25. The summed E-state index contributed by atoms with van der Waals surface area (Å²) >= 11 is 0. The van der Waals surface area contributed by atoms with Crippen LogP contribution in [0.25, 0.3) is 11.1 Å². The average molecular weight is 422 g/mol. The highest BCUT2D eigenvalue weighted by Crippen LogP contribution is 2.31. The fourth-order valence-corrected chi connectivity index (χ4v) is 3.02. The first-order valence-corrected chi connectivity index (χ1v) is 10.9. The van der Waals surface area contributed by atoms with Gasteiger partial charge in [0.1, 0.15) is 0 Å². The molecule has 0 saturated carbocycles. The molecule has 160 valence electrons. The van der Waals surface area contributed by atoms with Crippen LogP contribution in [0, 0.1) is 0 Å². The lowest BCUT2D eigenvalue weighted by atomic mass is 9.87. The Morgan fingerprint density at radius 2 is 1.43 bits per heavy atom. The first-order valence-electron chi connectivity index (χ1n) is 10.3. The predicted octanol–water partition coefficient (Wildman–Crippen LogP) is 5.03. The summed E-state index contributed by atoms with van der Waals surface area (Å²) in [7, 11) is 4.66. The van der Waals surface area contributed by atoms with Gasteiger partial charge in [0.05, 0.1) is 5.54 Å². The van der Waals surface area contributed by atoms with E-state index in [1.54, 1.807) is 0 Å². The summed E-state index contributed by atoms with van der Waals surface area (Å²) in [6.45, 7) is 9.55. The zero-order valence-corrected chi connectivity index (χ0v) is 19.7. The van der Waals surface area contributed by atoms with Gasteiger partial charge in [-0.05, 0) is 74.3 Å². The second-order valence-electron chi connectivity index (χ2n) is 7.04. The molecule has 0 aliphatic rings. The molecule has 0 heterocycles. The smallest absolute Gasteiger partial charge is 0.0833 e. The van der Waals surface area contributed by atoms with Crippen molar-refractivity contribution >= 4 is 21.3 Å². The molecule has 0 amide bonds. The minimum atomic E-state index is -0.316. The van der Waals surface area contributed by atoms with E-state index < -0.39 is 0 Å². The molecule has 3 N–H and O–H groups in total. The number of nitrogens with two attached hydrogens (primary N) is 1. The Labute approximate surface area is 185 Å². The first-order chi connectivity index (χ1) is 14.5. The largest absolute Gasteiger partial charge is 0.330 e. The minimum absolute atomic E-state index is 0.316. The topological polar surface area (TPSA) is 50.4 Å². The maximum atomic E-state index is 5.71. The molecule has 0 bridgehead atoms. The average Bonchev–Trinajstić information content (AvgIpc) is 2.81. The normalized spacial score (nSPS) is 11.8. The van der Waals surface area contributed by atoms with Crippen molar-refractivity contribution in [3.05, 3.63) is 90.5 Å². The van der Waals surface area contributed by atoms with Crippen molar-refractivity contribution in [3.63, 3.8) is 0 Å². The molecule has 0 fully saturated rings. The summed E-state index contributed by atoms with van der Waals surface area (Å²) in [6.07, 6.45) is 0.795. The number of nitrogens with zero attached hydrogens (tertiary/aromatic N) is 1. The summed E-state index contributed by atoms with van der Waals surface area (Å²) in [6, 6.07) is 28.9. The molecule has 3 rings (SSSR count). The van der Waals surface area contributed by atoms with Gasteiger partial charge in [-0.25, -0.2) is 0 Å². The Hall–Kier alpha value is -2.32. The lowest BCUT2D eigenvalue weighted by molar-refractivity contribution is 0.467.